The minimum absolute atomic E-state index is 0.0326. The Kier molecular flexibility index (Phi) is 4.95. The van der Waals surface area contributed by atoms with Crippen molar-refractivity contribution in [1.82, 2.24) is 5.32 Å². The summed E-state index contributed by atoms with van der Waals surface area (Å²) in [5.74, 6) is -0.987. The van der Waals surface area contributed by atoms with E-state index in [1.807, 2.05) is 42.5 Å². The minimum atomic E-state index is -0.850. The van der Waals surface area contributed by atoms with Gasteiger partial charge < -0.3 is 15.2 Å². The number of amides is 1. The number of methoxy groups -OCH3 is 1. The van der Waals surface area contributed by atoms with Crippen molar-refractivity contribution in [2.45, 2.75) is 6.10 Å². The van der Waals surface area contributed by atoms with E-state index in [2.05, 4.69) is 5.32 Å². The molecule has 0 aliphatic carbocycles. The van der Waals surface area contributed by atoms with E-state index in [0.717, 1.165) is 16.8 Å². The van der Waals surface area contributed by atoms with E-state index in [0.29, 0.717) is 5.56 Å². The first-order chi connectivity index (χ1) is 12.1. The average molecular weight is 339 g/mol. The van der Waals surface area contributed by atoms with Crippen LogP contribution < -0.4 is 10.1 Å². The maximum atomic E-state index is 13.7. The SMILES string of the molecule is COc1ccc(C(=O)NCC(O)c2ccc3ccccc3c2)cc1F. The van der Waals surface area contributed by atoms with E-state index in [-0.39, 0.29) is 17.9 Å². The van der Waals surface area contributed by atoms with Crippen LogP contribution >= 0.6 is 0 Å². The zero-order chi connectivity index (χ0) is 17.8. The maximum absolute atomic E-state index is 13.7. The molecule has 4 nitrogen and oxygen atoms in total. The topological polar surface area (TPSA) is 58.6 Å². The van der Waals surface area contributed by atoms with Gasteiger partial charge in [-0.05, 0) is 40.6 Å². The number of carbonyl (C=O) groups excluding carboxylic acids is 1. The summed E-state index contributed by atoms with van der Waals surface area (Å²) in [4.78, 5) is 12.1. The Morgan fingerprint density at radius 2 is 1.88 bits per heavy atom. The van der Waals surface area contributed by atoms with Gasteiger partial charge in [0.25, 0.3) is 5.91 Å². The molecule has 0 aliphatic rings. The van der Waals surface area contributed by atoms with Crippen LogP contribution in [0.15, 0.2) is 60.7 Å². The summed E-state index contributed by atoms with van der Waals surface area (Å²) in [6.07, 6.45) is -0.850. The lowest BCUT2D eigenvalue weighted by atomic mass is 10.0. The van der Waals surface area contributed by atoms with Crippen LogP contribution in [0.4, 0.5) is 4.39 Å². The predicted molar refractivity (Wildman–Crippen MR) is 94.2 cm³/mol. The summed E-state index contributed by atoms with van der Waals surface area (Å²) in [7, 11) is 1.36. The molecule has 0 radical (unpaired) electrons. The highest BCUT2D eigenvalue weighted by molar-refractivity contribution is 5.94. The van der Waals surface area contributed by atoms with E-state index in [9.17, 15) is 14.3 Å². The summed E-state index contributed by atoms with van der Waals surface area (Å²) in [5.41, 5.74) is 0.879. The molecule has 25 heavy (non-hydrogen) atoms. The quantitative estimate of drug-likeness (QED) is 0.748. The smallest absolute Gasteiger partial charge is 0.251 e. The number of benzene rings is 3. The van der Waals surface area contributed by atoms with Crippen LogP contribution in [0.25, 0.3) is 10.8 Å². The number of rotatable bonds is 5. The van der Waals surface area contributed by atoms with Gasteiger partial charge in [0.2, 0.25) is 0 Å². The second kappa shape index (κ2) is 7.32. The number of aliphatic hydroxyl groups is 1. The molecular weight excluding hydrogens is 321 g/mol. The third kappa shape index (κ3) is 3.78. The molecule has 5 heteroatoms. The number of aliphatic hydroxyl groups excluding tert-OH is 1. The second-order valence-corrected chi connectivity index (χ2v) is 5.68. The van der Waals surface area contributed by atoms with Crippen LogP contribution in [0.1, 0.15) is 22.0 Å². The summed E-state index contributed by atoms with van der Waals surface area (Å²) in [6.45, 7) is 0.0326. The summed E-state index contributed by atoms with van der Waals surface area (Å²) >= 11 is 0. The zero-order valence-corrected chi connectivity index (χ0v) is 13.7. The highest BCUT2D eigenvalue weighted by atomic mass is 19.1. The minimum Gasteiger partial charge on any atom is -0.494 e. The molecule has 0 heterocycles. The molecule has 0 saturated heterocycles. The summed E-state index contributed by atoms with van der Waals surface area (Å²) in [6, 6.07) is 17.4. The molecule has 1 amide bonds. The van der Waals surface area contributed by atoms with Crippen LogP contribution in [0.5, 0.6) is 5.75 Å². The average Bonchev–Trinajstić information content (AvgIpc) is 2.65. The molecule has 2 N–H and O–H groups in total. The molecule has 0 spiro atoms. The normalized spacial score (nSPS) is 12.0. The number of ether oxygens (including phenoxy) is 1. The van der Waals surface area contributed by atoms with E-state index < -0.39 is 17.8 Å². The molecule has 0 aromatic heterocycles. The first-order valence-electron chi connectivity index (χ1n) is 7.87. The molecule has 0 fully saturated rings. The first kappa shape index (κ1) is 16.9. The Balaban J connectivity index is 1.67. The fourth-order valence-corrected chi connectivity index (χ4v) is 2.63. The molecule has 3 aromatic rings. The largest absolute Gasteiger partial charge is 0.494 e. The fourth-order valence-electron chi connectivity index (χ4n) is 2.63. The van der Waals surface area contributed by atoms with E-state index in [1.54, 1.807) is 0 Å². The third-order valence-corrected chi connectivity index (χ3v) is 4.03. The molecule has 128 valence electrons. The van der Waals surface area contributed by atoms with Gasteiger partial charge in [0.15, 0.2) is 11.6 Å². The van der Waals surface area contributed by atoms with Crippen molar-refractivity contribution in [3.63, 3.8) is 0 Å². The van der Waals surface area contributed by atoms with Crippen molar-refractivity contribution in [2.75, 3.05) is 13.7 Å². The van der Waals surface area contributed by atoms with Crippen molar-refractivity contribution in [2.24, 2.45) is 0 Å². The molecule has 0 aliphatic heterocycles. The number of carbonyl (C=O) groups is 1. The van der Waals surface area contributed by atoms with Gasteiger partial charge in [-0.2, -0.15) is 0 Å². The number of fused-ring (bicyclic) bond motifs is 1. The Bertz CT molecular complexity index is 910. The van der Waals surface area contributed by atoms with Crippen LogP contribution in [-0.4, -0.2) is 24.7 Å². The van der Waals surface area contributed by atoms with Crippen LogP contribution in [0.2, 0.25) is 0 Å². The number of nitrogens with one attached hydrogen (secondary N) is 1. The molecule has 0 saturated carbocycles. The fraction of sp³-hybridized carbons (Fsp3) is 0.150. The summed E-state index contributed by atoms with van der Waals surface area (Å²) < 4.78 is 18.5. The molecule has 1 atom stereocenters. The van der Waals surface area contributed by atoms with E-state index in [4.69, 9.17) is 4.74 Å². The monoisotopic (exact) mass is 339 g/mol. The second-order valence-electron chi connectivity index (χ2n) is 5.68. The third-order valence-electron chi connectivity index (χ3n) is 4.03. The van der Waals surface area contributed by atoms with Gasteiger partial charge in [0, 0.05) is 12.1 Å². The van der Waals surface area contributed by atoms with Crippen molar-refractivity contribution in [3.8, 4) is 5.75 Å². The van der Waals surface area contributed by atoms with Gasteiger partial charge in [0.1, 0.15) is 0 Å². The van der Waals surface area contributed by atoms with Crippen molar-refractivity contribution >= 4 is 16.7 Å². The lowest BCUT2D eigenvalue weighted by Crippen LogP contribution is -2.28. The lowest BCUT2D eigenvalue weighted by Gasteiger charge is -2.13. The van der Waals surface area contributed by atoms with Crippen molar-refractivity contribution in [3.05, 3.63) is 77.6 Å². The molecule has 3 rings (SSSR count). The summed E-state index contributed by atoms with van der Waals surface area (Å²) in [5, 5.41) is 15.0. The Morgan fingerprint density at radius 3 is 2.60 bits per heavy atom. The Morgan fingerprint density at radius 1 is 1.12 bits per heavy atom. The highest BCUT2D eigenvalue weighted by Gasteiger charge is 2.13. The zero-order valence-electron chi connectivity index (χ0n) is 13.7. The Hall–Kier alpha value is -2.92. The van der Waals surface area contributed by atoms with Crippen molar-refractivity contribution in [1.29, 1.82) is 0 Å². The standard InChI is InChI=1S/C20H18FNO3/c1-25-19-9-8-16(11-17(19)21)20(24)22-12-18(23)15-7-6-13-4-2-3-5-14(13)10-15/h2-11,18,23H,12H2,1H3,(H,22,24). The maximum Gasteiger partial charge on any atom is 0.251 e. The number of halogens is 1. The van der Waals surface area contributed by atoms with Crippen LogP contribution in [0, 0.1) is 5.82 Å². The molecule has 3 aromatic carbocycles. The van der Waals surface area contributed by atoms with Crippen molar-refractivity contribution < 1.29 is 19.0 Å². The van der Waals surface area contributed by atoms with Gasteiger partial charge in [0.05, 0.1) is 13.2 Å². The molecular formula is C20H18FNO3. The van der Waals surface area contributed by atoms with Gasteiger partial charge in [-0.3, -0.25) is 4.79 Å². The van der Waals surface area contributed by atoms with Gasteiger partial charge >= 0.3 is 0 Å². The lowest BCUT2D eigenvalue weighted by molar-refractivity contribution is 0.0916. The highest BCUT2D eigenvalue weighted by Crippen LogP contribution is 2.21. The van der Waals surface area contributed by atoms with Crippen LogP contribution in [-0.2, 0) is 0 Å². The van der Waals surface area contributed by atoms with Crippen LogP contribution in [0.3, 0.4) is 0 Å². The predicted octanol–water partition coefficient (Wildman–Crippen LogP) is 3.45. The van der Waals surface area contributed by atoms with Gasteiger partial charge in [-0.1, -0.05) is 36.4 Å². The first-order valence-corrected chi connectivity index (χ1v) is 7.87. The molecule has 0 bridgehead atoms. The number of hydrogen-bond acceptors (Lipinski definition) is 3. The Labute approximate surface area is 144 Å². The number of hydrogen-bond donors (Lipinski definition) is 2. The van der Waals surface area contributed by atoms with Gasteiger partial charge in [-0.25, -0.2) is 4.39 Å². The van der Waals surface area contributed by atoms with Gasteiger partial charge in [-0.15, -0.1) is 0 Å². The molecule has 1 unspecified atom stereocenters. The van der Waals surface area contributed by atoms with E-state index in [1.165, 1.54) is 19.2 Å². The van der Waals surface area contributed by atoms with E-state index >= 15 is 0 Å².